The number of ketones is 1. The zero-order valence-electron chi connectivity index (χ0n) is 29.9. The molecule has 0 aliphatic heterocycles. The molecule has 0 amide bonds. The molecular weight excluding hydrogens is 662 g/mol. The first-order valence-electron chi connectivity index (χ1n) is 17.8. The summed E-state index contributed by atoms with van der Waals surface area (Å²) in [4.78, 5) is 52.2. The Labute approximate surface area is 300 Å². The summed E-state index contributed by atoms with van der Waals surface area (Å²) in [5, 5.41) is 0.0233. The lowest BCUT2D eigenvalue weighted by molar-refractivity contribution is 0.0938. The van der Waals surface area contributed by atoms with E-state index in [0.29, 0.717) is 37.0 Å². The molecule has 4 aromatic heterocycles. The molecule has 0 bridgehead atoms. The highest BCUT2D eigenvalue weighted by Crippen LogP contribution is 2.34. The monoisotopic (exact) mass is 704 g/mol. The number of rotatable bonds is 9. The van der Waals surface area contributed by atoms with Crippen molar-refractivity contribution in [3.63, 3.8) is 0 Å². The van der Waals surface area contributed by atoms with Crippen LogP contribution in [0.3, 0.4) is 0 Å². The second-order valence-corrected chi connectivity index (χ2v) is 14.9. The number of fused-ring (bicyclic) bond motifs is 2. The Hall–Kier alpha value is -5.29. The zero-order valence-corrected chi connectivity index (χ0v) is 29.9. The van der Waals surface area contributed by atoms with Gasteiger partial charge in [0.25, 0.3) is 5.56 Å². The highest BCUT2D eigenvalue weighted by Gasteiger charge is 2.29. The molecule has 9 nitrogen and oxygen atoms in total. The van der Waals surface area contributed by atoms with E-state index in [1.165, 1.54) is 43.6 Å². The number of hydrogen-bond donors (Lipinski definition) is 0. The number of likely N-dealkylation sites (N-methyl/N-ethyl adjacent to an activating group) is 1. The fraction of sp³-hybridized carbons (Fsp3) is 0.341. The molecule has 4 heterocycles. The summed E-state index contributed by atoms with van der Waals surface area (Å²) in [5.41, 5.74) is 3.43. The Morgan fingerprint density at radius 2 is 1.65 bits per heavy atom. The van der Waals surface area contributed by atoms with Gasteiger partial charge < -0.3 is 9.30 Å². The van der Waals surface area contributed by atoms with Gasteiger partial charge in [-0.3, -0.25) is 14.2 Å². The second-order valence-electron chi connectivity index (χ2n) is 14.9. The molecule has 7 rings (SSSR count). The van der Waals surface area contributed by atoms with Crippen molar-refractivity contribution in [1.82, 2.24) is 28.4 Å². The molecule has 0 atom stereocenters. The average Bonchev–Trinajstić information content (AvgIpc) is 3.55. The smallest absolute Gasteiger partial charge is 0.303 e. The van der Waals surface area contributed by atoms with Crippen LogP contribution in [0.15, 0.2) is 94.9 Å². The molecular formula is C41H42F2N6O3. The summed E-state index contributed by atoms with van der Waals surface area (Å²) >= 11 is 0. The predicted octanol–water partition coefficient (Wildman–Crippen LogP) is 7.42. The summed E-state index contributed by atoms with van der Waals surface area (Å²) in [6.07, 6.45) is 7.23. The zero-order chi connectivity index (χ0) is 36.7. The molecule has 0 unspecified atom stereocenters. The highest BCUT2D eigenvalue weighted by molar-refractivity contribution is 5.95. The molecule has 11 heteroatoms. The minimum Gasteiger partial charge on any atom is -0.303 e. The van der Waals surface area contributed by atoms with Crippen molar-refractivity contribution < 1.29 is 13.6 Å². The molecule has 268 valence electrons. The Morgan fingerprint density at radius 3 is 2.38 bits per heavy atom. The van der Waals surface area contributed by atoms with Crippen LogP contribution in [-0.4, -0.2) is 53.3 Å². The van der Waals surface area contributed by atoms with Crippen molar-refractivity contribution in [3.8, 4) is 16.8 Å². The van der Waals surface area contributed by atoms with E-state index in [1.807, 2.05) is 18.2 Å². The highest BCUT2D eigenvalue weighted by atomic mass is 19.1. The lowest BCUT2D eigenvalue weighted by Gasteiger charge is -2.31. The quantitative estimate of drug-likeness (QED) is 0.146. The topological polar surface area (TPSA) is 94.5 Å². The molecule has 1 aliphatic rings. The summed E-state index contributed by atoms with van der Waals surface area (Å²) in [6.45, 7) is 7.52. The van der Waals surface area contributed by atoms with Gasteiger partial charge in [-0.2, -0.15) is 0 Å². The van der Waals surface area contributed by atoms with Gasteiger partial charge in [-0.15, -0.1) is 0 Å². The molecule has 1 fully saturated rings. The van der Waals surface area contributed by atoms with E-state index >= 15 is 0 Å². The van der Waals surface area contributed by atoms with E-state index in [4.69, 9.17) is 0 Å². The number of pyridine rings is 2. The number of carbonyl (C=O) groups is 1. The molecule has 0 radical (unpaired) electrons. The van der Waals surface area contributed by atoms with Gasteiger partial charge in [-0.1, -0.05) is 36.4 Å². The van der Waals surface area contributed by atoms with Crippen molar-refractivity contribution in [2.75, 3.05) is 13.6 Å². The number of hydrogen-bond acceptors (Lipinski definition) is 6. The molecule has 0 saturated heterocycles. The number of Topliss-reactive ketones (excluding diaryl/α,β-unsaturated/α-hetero) is 1. The number of nitrogens with zero attached hydrogens (tertiary/aromatic N) is 6. The molecule has 0 N–H and O–H groups in total. The summed E-state index contributed by atoms with van der Waals surface area (Å²) in [5.74, 6) is -1.19. The van der Waals surface area contributed by atoms with Crippen LogP contribution in [0.2, 0.25) is 0 Å². The summed E-state index contributed by atoms with van der Waals surface area (Å²) in [6, 6.07) is 19.4. The molecule has 0 spiro atoms. The Morgan fingerprint density at radius 1 is 0.904 bits per heavy atom. The normalized spacial score (nSPS) is 16.6. The van der Waals surface area contributed by atoms with Gasteiger partial charge in [0.2, 0.25) is 0 Å². The number of carbonyl (C=O) groups excluding carboxylic acids is 1. The van der Waals surface area contributed by atoms with E-state index in [0.717, 1.165) is 36.4 Å². The van der Waals surface area contributed by atoms with Crippen LogP contribution in [0.4, 0.5) is 8.78 Å². The first kappa shape index (κ1) is 35.1. The lowest BCUT2D eigenvalue weighted by Crippen LogP contribution is -2.43. The van der Waals surface area contributed by atoms with Crippen LogP contribution in [0.1, 0.15) is 75.0 Å². The van der Waals surface area contributed by atoms with Gasteiger partial charge in [-0.25, -0.2) is 28.1 Å². The third-order valence-corrected chi connectivity index (χ3v) is 10.5. The fourth-order valence-corrected chi connectivity index (χ4v) is 7.13. The van der Waals surface area contributed by atoms with Gasteiger partial charge in [0.05, 0.1) is 17.3 Å². The Balaban J connectivity index is 1.14. The number of benzene rings is 2. The molecule has 1 aliphatic carbocycles. The maximum atomic E-state index is 14.5. The Kier molecular flexibility index (Phi) is 9.48. The van der Waals surface area contributed by atoms with Crippen LogP contribution < -0.4 is 11.2 Å². The third kappa shape index (κ3) is 7.10. The van der Waals surface area contributed by atoms with Crippen LogP contribution in [0, 0.1) is 17.6 Å². The standard InChI is InChI=1S/C41H42F2N6O3/c1-41(2,3)46(4)19-18-26-8-12-28(13-9-26)29-6-5-7-33(21-29)48-38-34(22-31(43)23-44-38)39(51)49(40(48)52)32-15-10-27(11-16-32)20-36(50)35-25-47-24-30(42)14-17-37(47)45-35/h5-9,12-14,17,21-25,27,32H,10-11,15-16,18-20H2,1-4H3. The number of aromatic nitrogens is 5. The predicted molar refractivity (Wildman–Crippen MR) is 198 cm³/mol. The SMILES string of the molecule is CN(CCc1ccc(-c2cccc(-n3c(=O)n(C4CCC(CC(=O)c5cn6cc(F)ccc6n5)CC4)c(=O)c4cc(F)cnc43)c2)cc1)C(C)(C)C. The molecule has 2 aromatic carbocycles. The lowest BCUT2D eigenvalue weighted by atomic mass is 9.82. The molecule has 1 saturated carbocycles. The minimum absolute atomic E-state index is 0.0233. The van der Waals surface area contributed by atoms with E-state index in [1.54, 1.807) is 6.07 Å². The third-order valence-electron chi connectivity index (χ3n) is 10.5. The van der Waals surface area contributed by atoms with Crippen molar-refractivity contribution in [3.05, 3.63) is 129 Å². The van der Waals surface area contributed by atoms with E-state index in [-0.39, 0.29) is 40.4 Å². The van der Waals surface area contributed by atoms with Gasteiger partial charge in [0.15, 0.2) is 11.4 Å². The first-order chi connectivity index (χ1) is 24.9. The van der Waals surface area contributed by atoms with Gasteiger partial charge in [0, 0.05) is 36.9 Å². The van der Waals surface area contributed by atoms with Gasteiger partial charge in [0.1, 0.15) is 23.0 Å². The van der Waals surface area contributed by atoms with Crippen LogP contribution in [-0.2, 0) is 6.42 Å². The van der Waals surface area contributed by atoms with Gasteiger partial charge >= 0.3 is 5.69 Å². The van der Waals surface area contributed by atoms with Crippen molar-refractivity contribution in [2.45, 2.75) is 70.9 Å². The van der Waals surface area contributed by atoms with E-state index < -0.39 is 28.9 Å². The van der Waals surface area contributed by atoms with Crippen LogP contribution in [0.5, 0.6) is 0 Å². The van der Waals surface area contributed by atoms with E-state index in [9.17, 15) is 23.2 Å². The van der Waals surface area contributed by atoms with Crippen LogP contribution >= 0.6 is 0 Å². The number of halogens is 2. The van der Waals surface area contributed by atoms with Crippen molar-refractivity contribution in [1.29, 1.82) is 0 Å². The van der Waals surface area contributed by atoms with Gasteiger partial charge in [-0.05, 0) is 113 Å². The summed E-state index contributed by atoms with van der Waals surface area (Å²) < 4.78 is 32.3. The minimum atomic E-state index is -0.666. The molecule has 6 aromatic rings. The maximum absolute atomic E-state index is 14.5. The largest absolute Gasteiger partial charge is 0.337 e. The fourth-order valence-electron chi connectivity index (χ4n) is 7.13. The summed E-state index contributed by atoms with van der Waals surface area (Å²) in [7, 11) is 2.13. The second kappa shape index (κ2) is 14.0. The maximum Gasteiger partial charge on any atom is 0.337 e. The van der Waals surface area contributed by atoms with Crippen molar-refractivity contribution >= 4 is 22.5 Å². The Bertz CT molecular complexity index is 2400. The van der Waals surface area contributed by atoms with E-state index in [2.05, 4.69) is 67.0 Å². The van der Waals surface area contributed by atoms with Crippen LogP contribution in [0.25, 0.3) is 33.5 Å². The number of imidazole rings is 1. The van der Waals surface area contributed by atoms with Crippen molar-refractivity contribution in [2.24, 2.45) is 5.92 Å². The first-order valence-corrected chi connectivity index (χ1v) is 17.8. The molecule has 52 heavy (non-hydrogen) atoms. The average molecular weight is 705 g/mol.